The number of ether oxygens (including phenoxy) is 1. The van der Waals surface area contributed by atoms with E-state index in [4.69, 9.17) is 10.5 Å². The summed E-state index contributed by atoms with van der Waals surface area (Å²) in [6.07, 6.45) is 6.69. The van der Waals surface area contributed by atoms with Gasteiger partial charge in [0.15, 0.2) is 0 Å². The molecule has 0 amide bonds. The minimum Gasteiger partial charge on any atom is -0.487 e. The molecule has 3 heteroatoms. The zero-order chi connectivity index (χ0) is 15.0. The van der Waals surface area contributed by atoms with E-state index in [0.29, 0.717) is 17.6 Å². The van der Waals surface area contributed by atoms with E-state index < -0.39 is 0 Å². The number of hydrogen-bond donors (Lipinski definition) is 1. The molecule has 0 aromatic heterocycles. The molecule has 3 atom stereocenters. The Morgan fingerprint density at radius 3 is 2.95 bits per heavy atom. The normalized spacial score (nSPS) is 32.0. The summed E-state index contributed by atoms with van der Waals surface area (Å²) in [6.45, 7) is 4.55. The summed E-state index contributed by atoms with van der Waals surface area (Å²) in [5, 5.41) is 0. The fourth-order valence-electron chi connectivity index (χ4n) is 4.28. The smallest absolute Gasteiger partial charge is 0.127 e. The van der Waals surface area contributed by atoms with Crippen LogP contribution in [0.15, 0.2) is 18.2 Å². The number of rotatable bonds is 2. The van der Waals surface area contributed by atoms with Crippen LogP contribution in [0.5, 0.6) is 5.75 Å². The molecule has 21 heavy (non-hydrogen) atoms. The van der Waals surface area contributed by atoms with E-state index in [2.05, 4.69) is 13.8 Å². The van der Waals surface area contributed by atoms with Crippen molar-refractivity contribution in [2.24, 2.45) is 17.6 Å². The Bertz CT molecular complexity index is 516. The van der Waals surface area contributed by atoms with Gasteiger partial charge < -0.3 is 10.5 Å². The Morgan fingerprint density at radius 1 is 1.38 bits per heavy atom. The van der Waals surface area contributed by atoms with Gasteiger partial charge in [-0.05, 0) is 43.6 Å². The molecule has 0 saturated heterocycles. The van der Waals surface area contributed by atoms with E-state index in [1.165, 1.54) is 31.4 Å². The van der Waals surface area contributed by atoms with Crippen LogP contribution in [0.25, 0.3) is 0 Å². The molecular weight excluding hydrogens is 265 g/mol. The maximum atomic E-state index is 13.5. The molecule has 0 bridgehead atoms. The molecule has 1 saturated carbocycles. The Labute approximate surface area is 126 Å². The summed E-state index contributed by atoms with van der Waals surface area (Å²) in [5.41, 5.74) is 7.13. The van der Waals surface area contributed by atoms with Crippen molar-refractivity contribution in [3.63, 3.8) is 0 Å². The molecule has 2 unspecified atom stereocenters. The highest BCUT2D eigenvalue weighted by Crippen LogP contribution is 2.47. The van der Waals surface area contributed by atoms with Gasteiger partial charge in [-0.2, -0.15) is 0 Å². The molecule has 2 aliphatic rings. The van der Waals surface area contributed by atoms with Crippen molar-refractivity contribution < 1.29 is 9.13 Å². The lowest BCUT2D eigenvalue weighted by Gasteiger charge is -2.46. The third-order valence-corrected chi connectivity index (χ3v) is 5.00. The third-order valence-electron chi connectivity index (χ3n) is 5.00. The molecule has 1 aliphatic carbocycles. The maximum absolute atomic E-state index is 13.5. The van der Waals surface area contributed by atoms with Crippen LogP contribution < -0.4 is 10.5 Å². The zero-order valence-corrected chi connectivity index (χ0v) is 13.1. The van der Waals surface area contributed by atoms with Gasteiger partial charge in [-0.3, -0.25) is 0 Å². The number of halogens is 1. The van der Waals surface area contributed by atoms with Crippen LogP contribution >= 0.6 is 0 Å². The minimum absolute atomic E-state index is 0.0350. The molecule has 1 heterocycles. The first-order chi connectivity index (χ1) is 9.97. The van der Waals surface area contributed by atoms with Crippen molar-refractivity contribution in [1.29, 1.82) is 0 Å². The van der Waals surface area contributed by atoms with Gasteiger partial charge in [-0.15, -0.1) is 0 Å². The number of fused-ring (bicyclic) bond motifs is 1. The van der Waals surface area contributed by atoms with Crippen molar-refractivity contribution in [2.75, 3.05) is 0 Å². The highest BCUT2D eigenvalue weighted by Gasteiger charge is 2.43. The summed E-state index contributed by atoms with van der Waals surface area (Å²) >= 11 is 0. The molecule has 1 fully saturated rings. The average Bonchev–Trinajstić information content (AvgIpc) is 2.37. The van der Waals surface area contributed by atoms with Gasteiger partial charge in [0.25, 0.3) is 0 Å². The van der Waals surface area contributed by atoms with Gasteiger partial charge in [0.05, 0.1) is 0 Å². The predicted octanol–water partition coefficient (Wildman–Crippen LogP) is 4.58. The van der Waals surface area contributed by atoms with Crippen LogP contribution in [0.2, 0.25) is 0 Å². The van der Waals surface area contributed by atoms with Crippen molar-refractivity contribution >= 4 is 0 Å². The maximum Gasteiger partial charge on any atom is 0.127 e. The quantitative estimate of drug-likeness (QED) is 0.865. The van der Waals surface area contributed by atoms with E-state index >= 15 is 0 Å². The van der Waals surface area contributed by atoms with Gasteiger partial charge in [0.1, 0.15) is 17.2 Å². The molecule has 0 radical (unpaired) electrons. The van der Waals surface area contributed by atoms with Crippen LogP contribution in [-0.2, 0) is 0 Å². The SMILES string of the molecule is CC(C)CC1CCCC2(C1)C[C@H](N)c1ccc(F)cc1O2. The minimum atomic E-state index is -0.243. The van der Waals surface area contributed by atoms with E-state index in [1.54, 1.807) is 6.07 Å². The lowest BCUT2D eigenvalue weighted by molar-refractivity contribution is -0.0203. The molecule has 3 rings (SSSR count). The topological polar surface area (TPSA) is 35.2 Å². The highest BCUT2D eigenvalue weighted by molar-refractivity contribution is 5.39. The van der Waals surface area contributed by atoms with Gasteiger partial charge in [0, 0.05) is 24.1 Å². The first-order valence-electron chi connectivity index (χ1n) is 8.21. The summed E-state index contributed by atoms with van der Waals surface area (Å²) in [6, 6.07) is 4.72. The van der Waals surface area contributed by atoms with Crippen LogP contribution in [0.4, 0.5) is 4.39 Å². The van der Waals surface area contributed by atoms with E-state index in [9.17, 15) is 4.39 Å². The van der Waals surface area contributed by atoms with E-state index in [1.807, 2.05) is 0 Å². The largest absolute Gasteiger partial charge is 0.487 e. The summed E-state index contributed by atoms with van der Waals surface area (Å²) < 4.78 is 19.8. The number of hydrogen-bond acceptors (Lipinski definition) is 2. The molecule has 1 spiro atoms. The number of benzene rings is 1. The highest BCUT2D eigenvalue weighted by atomic mass is 19.1. The molecule has 1 aromatic rings. The van der Waals surface area contributed by atoms with Crippen molar-refractivity contribution in [3.8, 4) is 5.75 Å². The molecule has 2 N–H and O–H groups in total. The molecule has 1 aromatic carbocycles. The summed E-state index contributed by atoms with van der Waals surface area (Å²) in [5.74, 6) is 1.85. The first kappa shape index (κ1) is 14.8. The Kier molecular flexibility index (Phi) is 3.96. The fraction of sp³-hybridized carbons (Fsp3) is 0.667. The van der Waals surface area contributed by atoms with Crippen molar-refractivity contribution in [2.45, 2.75) is 64.0 Å². The van der Waals surface area contributed by atoms with Gasteiger partial charge in [-0.25, -0.2) is 4.39 Å². The molecular formula is C18H26FNO. The van der Waals surface area contributed by atoms with Crippen LogP contribution in [-0.4, -0.2) is 5.60 Å². The Morgan fingerprint density at radius 2 is 2.19 bits per heavy atom. The molecule has 1 aliphatic heterocycles. The third kappa shape index (κ3) is 3.08. The van der Waals surface area contributed by atoms with Gasteiger partial charge in [0.2, 0.25) is 0 Å². The van der Waals surface area contributed by atoms with Gasteiger partial charge in [-0.1, -0.05) is 26.3 Å². The van der Waals surface area contributed by atoms with Gasteiger partial charge >= 0.3 is 0 Å². The monoisotopic (exact) mass is 291 g/mol. The fourth-order valence-corrected chi connectivity index (χ4v) is 4.28. The van der Waals surface area contributed by atoms with Crippen molar-refractivity contribution in [3.05, 3.63) is 29.6 Å². The zero-order valence-electron chi connectivity index (χ0n) is 13.1. The van der Waals surface area contributed by atoms with E-state index in [-0.39, 0.29) is 17.5 Å². The second-order valence-electron chi connectivity index (χ2n) is 7.37. The summed E-state index contributed by atoms with van der Waals surface area (Å²) in [7, 11) is 0. The lowest BCUT2D eigenvalue weighted by Crippen LogP contribution is -2.46. The number of nitrogens with two attached hydrogens (primary N) is 1. The molecule has 2 nitrogen and oxygen atoms in total. The second-order valence-corrected chi connectivity index (χ2v) is 7.37. The Hall–Kier alpha value is -1.09. The average molecular weight is 291 g/mol. The van der Waals surface area contributed by atoms with E-state index in [0.717, 1.165) is 24.8 Å². The second kappa shape index (κ2) is 5.60. The van der Waals surface area contributed by atoms with Crippen LogP contribution in [0, 0.1) is 17.7 Å². The Balaban J connectivity index is 1.83. The standard InChI is InChI=1S/C18H26FNO/c1-12(2)8-13-4-3-7-18(10-13)11-16(20)15-6-5-14(19)9-17(15)21-18/h5-6,9,12-13,16H,3-4,7-8,10-11,20H2,1-2H3/t13?,16-,18?/m0/s1. The van der Waals surface area contributed by atoms with Crippen LogP contribution in [0.1, 0.15) is 64.0 Å². The molecule has 116 valence electrons. The van der Waals surface area contributed by atoms with Crippen molar-refractivity contribution in [1.82, 2.24) is 0 Å². The summed E-state index contributed by atoms with van der Waals surface area (Å²) in [4.78, 5) is 0. The lowest BCUT2D eigenvalue weighted by atomic mass is 9.71. The first-order valence-corrected chi connectivity index (χ1v) is 8.21. The predicted molar refractivity (Wildman–Crippen MR) is 82.7 cm³/mol. The van der Waals surface area contributed by atoms with Crippen LogP contribution in [0.3, 0.4) is 0 Å².